The number of ether oxygens (including phenoxy) is 1. The minimum absolute atomic E-state index is 0.130. The molecule has 2 nitrogen and oxygen atoms in total. The summed E-state index contributed by atoms with van der Waals surface area (Å²) in [4.78, 5) is 10.4. The van der Waals surface area contributed by atoms with Gasteiger partial charge in [0.1, 0.15) is 0 Å². The van der Waals surface area contributed by atoms with Crippen LogP contribution < -0.4 is 0 Å². The highest BCUT2D eigenvalue weighted by Crippen LogP contribution is 2.34. The van der Waals surface area contributed by atoms with Crippen LogP contribution in [0.15, 0.2) is 0 Å². The average Bonchev–Trinajstić information content (AvgIpc) is 3.38. The molecule has 4 atom stereocenters. The molecular weight excluding hydrogens is 344 g/mol. The zero-order valence-electron chi connectivity index (χ0n) is 18.6. The summed E-state index contributed by atoms with van der Waals surface area (Å²) in [5.74, 6) is 2.09. The Kier molecular flexibility index (Phi) is 13.2. The van der Waals surface area contributed by atoms with Crippen molar-refractivity contribution < 1.29 is 9.53 Å². The molecule has 0 saturated heterocycles. The normalized spacial score (nSPS) is 24.0. The predicted octanol–water partition coefficient (Wildman–Crippen LogP) is 7.60. The third-order valence-corrected chi connectivity index (χ3v) is 7.08. The zero-order chi connectivity index (χ0) is 19.9. The summed E-state index contributed by atoms with van der Waals surface area (Å²) in [5, 5.41) is 0. The monoisotopic (exact) mass is 390 g/mol. The van der Waals surface area contributed by atoms with Crippen LogP contribution in [-0.2, 0) is 9.53 Å². The lowest BCUT2D eigenvalue weighted by Gasteiger charge is -2.14. The van der Waals surface area contributed by atoms with E-state index >= 15 is 0 Å². The van der Waals surface area contributed by atoms with Gasteiger partial charge in [-0.1, -0.05) is 77.6 Å². The molecule has 28 heavy (non-hydrogen) atoms. The van der Waals surface area contributed by atoms with Gasteiger partial charge in [-0.05, 0) is 63.2 Å². The van der Waals surface area contributed by atoms with E-state index in [1.165, 1.54) is 109 Å². The van der Waals surface area contributed by atoms with Gasteiger partial charge in [0.25, 0.3) is 0 Å². The Morgan fingerprint density at radius 3 is 2.32 bits per heavy atom. The maximum atomic E-state index is 10.4. The fraction of sp³-hybridized carbons (Fsp3) is 0.923. The second-order valence-electron chi connectivity index (χ2n) is 9.71. The summed E-state index contributed by atoms with van der Waals surface area (Å²) >= 11 is 0. The molecule has 4 unspecified atom stereocenters. The van der Waals surface area contributed by atoms with Crippen molar-refractivity contribution in [1.29, 1.82) is 0 Å². The Morgan fingerprint density at radius 1 is 0.893 bits per heavy atom. The van der Waals surface area contributed by atoms with E-state index in [9.17, 15) is 4.79 Å². The van der Waals surface area contributed by atoms with Crippen LogP contribution in [0.2, 0.25) is 0 Å². The molecule has 0 spiro atoms. The Hall–Kier alpha value is -0.370. The van der Waals surface area contributed by atoms with Crippen molar-refractivity contribution in [3.63, 3.8) is 0 Å². The van der Waals surface area contributed by atoms with Crippen LogP contribution in [0.3, 0.4) is 0 Å². The Balaban J connectivity index is 1.31. The number of hydrogen-bond donors (Lipinski definition) is 0. The van der Waals surface area contributed by atoms with Crippen LogP contribution in [0, 0.1) is 24.2 Å². The van der Waals surface area contributed by atoms with Crippen molar-refractivity contribution in [3.05, 3.63) is 6.42 Å². The van der Waals surface area contributed by atoms with Crippen molar-refractivity contribution in [1.82, 2.24) is 0 Å². The van der Waals surface area contributed by atoms with Gasteiger partial charge < -0.3 is 4.74 Å². The SMILES string of the molecule is CC([C]=O)CCCCCCCCCCOC1CCC(CCCC2C[CH]CC2)C1. The minimum Gasteiger partial charge on any atom is -0.378 e. The second-order valence-corrected chi connectivity index (χ2v) is 9.71. The Bertz CT molecular complexity index is 375. The van der Waals surface area contributed by atoms with Crippen molar-refractivity contribution in [2.75, 3.05) is 6.61 Å². The molecule has 2 rings (SSSR count). The highest BCUT2D eigenvalue weighted by molar-refractivity contribution is 5.53. The van der Waals surface area contributed by atoms with E-state index in [0.29, 0.717) is 6.10 Å². The van der Waals surface area contributed by atoms with Crippen LogP contribution >= 0.6 is 0 Å². The molecule has 2 aliphatic rings. The third-order valence-electron chi connectivity index (χ3n) is 7.08. The first kappa shape index (κ1) is 23.9. The van der Waals surface area contributed by atoms with E-state index in [4.69, 9.17) is 4.74 Å². The second kappa shape index (κ2) is 15.5. The first-order chi connectivity index (χ1) is 13.8. The number of hydrogen-bond acceptors (Lipinski definition) is 2. The Morgan fingerprint density at radius 2 is 1.61 bits per heavy atom. The largest absolute Gasteiger partial charge is 0.378 e. The quantitative estimate of drug-likeness (QED) is 0.239. The van der Waals surface area contributed by atoms with E-state index < -0.39 is 0 Å². The molecule has 0 aliphatic heterocycles. The highest BCUT2D eigenvalue weighted by atomic mass is 16.5. The van der Waals surface area contributed by atoms with Crippen molar-refractivity contribution in [2.45, 2.75) is 129 Å². The van der Waals surface area contributed by atoms with Crippen molar-refractivity contribution in [3.8, 4) is 0 Å². The summed E-state index contributed by atoms with van der Waals surface area (Å²) < 4.78 is 6.17. The summed E-state index contributed by atoms with van der Waals surface area (Å²) in [7, 11) is 0. The molecule has 2 saturated carbocycles. The lowest BCUT2D eigenvalue weighted by molar-refractivity contribution is 0.0525. The lowest BCUT2D eigenvalue weighted by Crippen LogP contribution is -2.10. The van der Waals surface area contributed by atoms with Gasteiger partial charge in [0, 0.05) is 12.5 Å². The van der Waals surface area contributed by atoms with Gasteiger partial charge in [-0.25, -0.2) is 0 Å². The van der Waals surface area contributed by atoms with Crippen LogP contribution in [-0.4, -0.2) is 19.0 Å². The lowest BCUT2D eigenvalue weighted by atomic mass is 9.95. The number of unbranched alkanes of at least 4 members (excludes halogenated alkanes) is 7. The van der Waals surface area contributed by atoms with Gasteiger partial charge in [0.2, 0.25) is 6.29 Å². The van der Waals surface area contributed by atoms with E-state index in [1.54, 1.807) is 0 Å². The maximum absolute atomic E-state index is 10.4. The molecule has 162 valence electrons. The smallest absolute Gasteiger partial charge is 0.201 e. The van der Waals surface area contributed by atoms with E-state index in [0.717, 1.165) is 24.9 Å². The molecular formula is C26H46O2. The van der Waals surface area contributed by atoms with Crippen LogP contribution in [0.25, 0.3) is 0 Å². The topological polar surface area (TPSA) is 26.3 Å². The van der Waals surface area contributed by atoms with E-state index in [2.05, 4.69) is 12.7 Å². The average molecular weight is 391 g/mol. The fourth-order valence-electron chi connectivity index (χ4n) is 5.15. The number of rotatable bonds is 17. The van der Waals surface area contributed by atoms with Crippen LogP contribution in [0.1, 0.15) is 122 Å². The minimum atomic E-state index is 0.130. The summed E-state index contributed by atoms with van der Waals surface area (Å²) in [6, 6.07) is 0. The first-order valence-electron chi connectivity index (χ1n) is 12.6. The van der Waals surface area contributed by atoms with E-state index in [1.807, 2.05) is 6.92 Å². The molecule has 2 fully saturated rings. The zero-order valence-corrected chi connectivity index (χ0v) is 18.6. The molecule has 0 bridgehead atoms. The predicted molar refractivity (Wildman–Crippen MR) is 119 cm³/mol. The molecule has 0 aromatic heterocycles. The van der Waals surface area contributed by atoms with Gasteiger partial charge in [0.15, 0.2) is 0 Å². The van der Waals surface area contributed by atoms with Crippen LogP contribution in [0.5, 0.6) is 0 Å². The highest BCUT2D eigenvalue weighted by Gasteiger charge is 2.25. The van der Waals surface area contributed by atoms with Gasteiger partial charge in [-0.15, -0.1) is 0 Å². The maximum Gasteiger partial charge on any atom is 0.201 e. The number of carbonyl (C=O) groups excluding carboxylic acids is 1. The van der Waals surface area contributed by atoms with Crippen molar-refractivity contribution >= 4 is 6.29 Å². The van der Waals surface area contributed by atoms with Gasteiger partial charge in [0.05, 0.1) is 6.10 Å². The molecule has 0 amide bonds. The molecule has 2 radical (unpaired) electrons. The summed E-state index contributed by atoms with van der Waals surface area (Å²) in [5.41, 5.74) is 0. The van der Waals surface area contributed by atoms with Gasteiger partial charge >= 0.3 is 0 Å². The standard InChI is InChI=1S/C26H46O2/c1-23(22-27)13-8-6-4-2-3-5-7-11-20-28-26-19-18-25(21-26)17-12-16-24-14-9-10-15-24/h9,23-26H,2-8,10-21H2,1H3. The third kappa shape index (κ3) is 11.0. The molecule has 2 aliphatic carbocycles. The first-order valence-corrected chi connectivity index (χ1v) is 12.6. The molecule has 0 aromatic carbocycles. The van der Waals surface area contributed by atoms with E-state index in [-0.39, 0.29) is 5.92 Å². The van der Waals surface area contributed by atoms with Gasteiger partial charge in [-0.3, -0.25) is 4.79 Å². The van der Waals surface area contributed by atoms with Gasteiger partial charge in [-0.2, -0.15) is 0 Å². The summed E-state index contributed by atoms with van der Waals surface area (Å²) in [6.07, 6.45) is 29.2. The molecule has 0 heterocycles. The van der Waals surface area contributed by atoms with Crippen LogP contribution in [0.4, 0.5) is 0 Å². The molecule has 2 heteroatoms. The Labute approximate surface area is 175 Å². The summed E-state index contributed by atoms with van der Waals surface area (Å²) in [6.45, 7) is 2.95. The van der Waals surface area contributed by atoms with Crippen molar-refractivity contribution in [2.24, 2.45) is 17.8 Å². The molecule has 0 N–H and O–H groups in total. The molecule has 0 aromatic rings. The fourth-order valence-corrected chi connectivity index (χ4v) is 5.15.